The second kappa shape index (κ2) is 13.1. The molecule has 0 atom stereocenters. The molecule has 3 aromatic carbocycles. The number of thioether (sulfide) groups is 1. The SMILES string of the molecule is COc1cc(C(=O)Nc2ccc(SC3=C(Nc4ccc(Br)cc4)C(=O)N(CC(C)C)C3=O)cc2)cc(OC)c1OC. The molecule has 41 heavy (non-hydrogen) atoms. The van der Waals surface area contributed by atoms with Crippen LogP contribution in [-0.4, -0.2) is 50.5 Å². The van der Waals surface area contributed by atoms with E-state index in [1.165, 1.54) is 38.0 Å². The Kier molecular flexibility index (Phi) is 9.61. The summed E-state index contributed by atoms with van der Waals surface area (Å²) in [6.45, 7) is 4.23. The van der Waals surface area contributed by atoms with Gasteiger partial charge in [0.15, 0.2) is 11.5 Å². The van der Waals surface area contributed by atoms with E-state index < -0.39 is 0 Å². The molecule has 1 aliphatic heterocycles. The van der Waals surface area contributed by atoms with Crippen molar-refractivity contribution >= 4 is 56.8 Å². The van der Waals surface area contributed by atoms with Crippen molar-refractivity contribution in [2.45, 2.75) is 18.7 Å². The van der Waals surface area contributed by atoms with E-state index in [1.54, 1.807) is 36.4 Å². The van der Waals surface area contributed by atoms with Crippen LogP contribution in [-0.2, 0) is 9.59 Å². The molecule has 1 aliphatic rings. The molecule has 0 spiro atoms. The van der Waals surface area contributed by atoms with E-state index in [0.29, 0.717) is 45.6 Å². The molecule has 0 bridgehead atoms. The third kappa shape index (κ3) is 6.86. The maximum atomic E-state index is 13.3. The molecule has 4 rings (SSSR count). The van der Waals surface area contributed by atoms with Gasteiger partial charge in [0.2, 0.25) is 5.75 Å². The van der Waals surface area contributed by atoms with Crippen molar-refractivity contribution in [3.05, 3.63) is 81.3 Å². The fraction of sp³-hybridized carbons (Fsp3) is 0.233. The fourth-order valence-electron chi connectivity index (χ4n) is 4.11. The largest absolute Gasteiger partial charge is 0.493 e. The summed E-state index contributed by atoms with van der Waals surface area (Å²) >= 11 is 4.61. The number of methoxy groups -OCH3 is 3. The van der Waals surface area contributed by atoms with Crippen molar-refractivity contribution < 1.29 is 28.6 Å². The topological polar surface area (TPSA) is 106 Å². The second-order valence-corrected chi connectivity index (χ2v) is 11.4. The lowest BCUT2D eigenvalue weighted by molar-refractivity contribution is -0.137. The highest BCUT2D eigenvalue weighted by molar-refractivity contribution is 9.10. The predicted molar refractivity (Wildman–Crippen MR) is 163 cm³/mol. The average Bonchev–Trinajstić information content (AvgIpc) is 3.17. The number of amides is 3. The minimum Gasteiger partial charge on any atom is -0.493 e. The Morgan fingerprint density at radius 1 is 0.878 bits per heavy atom. The van der Waals surface area contributed by atoms with Gasteiger partial charge < -0.3 is 24.8 Å². The van der Waals surface area contributed by atoms with E-state index in [4.69, 9.17) is 14.2 Å². The van der Waals surface area contributed by atoms with E-state index in [0.717, 1.165) is 9.37 Å². The fourth-order valence-corrected chi connectivity index (χ4v) is 5.32. The van der Waals surface area contributed by atoms with Gasteiger partial charge in [-0.3, -0.25) is 19.3 Å². The lowest BCUT2D eigenvalue weighted by atomic mass is 10.1. The van der Waals surface area contributed by atoms with Gasteiger partial charge in [-0.05, 0) is 66.6 Å². The number of rotatable bonds is 11. The minimum atomic E-state index is -0.366. The Morgan fingerprint density at radius 3 is 2.00 bits per heavy atom. The third-order valence-electron chi connectivity index (χ3n) is 6.05. The number of carbonyl (C=O) groups excluding carboxylic acids is 3. The van der Waals surface area contributed by atoms with Gasteiger partial charge in [-0.2, -0.15) is 0 Å². The standard InChI is InChI=1S/C30H30BrN3O6S/c1-17(2)16-34-29(36)25(32-20-8-6-19(31)7-9-20)27(30(34)37)41-22-12-10-21(11-13-22)33-28(35)18-14-23(38-3)26(40-5)24(15-18)39-4/h6-15,17,32H,16H2,1-5H3,(H,33,35). The van der Waals surface area contributed by atoms with Gasteiger partial charge in [-0.1, -0.05) is 41.5 Å². The molecule has 0 aromatic heterocycles. The van der Waals surface area contributed by atoms with Crippen molar-refractivity contribution in [1.82, 2.24) is 4.90 Å². The first-order valence-corrected chi connectivity index (χ1v) is 14.3. The maximum Gasteiger partial charge on any atom is 0.278 e. The molecule has 2 N–H and O–H groups in total. The number of halogens is 1. The van der Waals surface area contributed by atoms with E-state index in [-0.39, 0.29) is 29.3 Å². The lowest BCUT2D eigenvalue weighted by Crippen LogP contribution is -2.35. The number of hydrogen-bond donors (Lipinski definition) is 2. The van der Waals surface area contributed by atoms with Gasteiger partial charge >= 0.3 is 0 Å². The van der Waals surface area contributed by atoms with Crippen LogP contribution in [0.15, 0.2) is 80.6 Å². The Labute approximate surface area is 251 Å². The molecule has 0 fully saturated rings. The highest BCUT2D eigenvalue weighted by atomic mass is 79.9. The summed E-state index contributed by atoms with van der Waals surface area (Å²) in [6.07, 6.45) is 0. The highest BCUT2D eigenvalue weighted by Gasteiger charge is 2.39. The van der Waals surface area contributed by atoms with Crippen molar-refractivity contribution in [2.75, 3.05) is 38.5 Å². The third-order valence-corrected chi connectivity index (χ3v) is 7.67. The molecule has 11 heteroatoms. The van der Waals surface area contributed by atoms with Crippen LogP contribution >= 0.6 is 27.7 Å². The van der Waals surface area contributed by atoms with Gasteiger partial charge in [0.25, 0.3) is 17.7 Å². The van der Waals surface area contributed by atoms with Crippen molar-refractivity contribution in [2.24, 2.45) is 5.92 Å². The number of hydrogen-bond acceptors (Lipinski definition) is 8. The maximum absolute atomic E-state index is 13.3. The van der Waals surface area contributed by atoms with Crippen molar-refractivity contribution in [3.8, 4) is 17.2 Å². The Morgan fingerprint density at radius 2 is 1.46 bits per heavy atom. The monoisotopic (exact) mass is 639 g/mol. The smallest absolute Gasteiger partial charge is 0.278 e. The van der Waals surface area contributed by atoms with Crippen LogP contribution < -0.4 is 24.8 Å². The minimum absolute atomic E-state index is 0.120. The summed E-state index contributed by atoms with van der Waals surface area (Å²) in [5.74, 6) is 0.183. The molecule has 3 aromatic rings. The molecule has 0 radical (unpaired) electrons. The normalized spacial score (nSPS) is 13.1. The average molecular weight is 641 g/mol. The quantitative estimate of drug-likeness (QED) is 0.240. The summed E-state index contributed by atoms with van der Waals surface area (Å²) < 4.78 is 16.9. The first kappa shape index (κ1) is 30.0. The van der Waals surface area contributed by atoms with Crippen LogP contribution in [0.4, 0.5) is 11.4 Å². The van der Waals surface area contributed by atoms with E-state index in [1.807, 2.05) is 38.1 Å². The molecule has 3 amide bonds. The molecule has 9 nitrogen and oxygen atoms in total. The Hall–Kier alpha value is -3.96. The van der Waals surface area contributed by atoms with Crippen molar-refractivity contribution in [1.29, 1.82) is 0 Å². The summed E-state index contributed by atoms with van der Waals surface area (Å²) in [6, 6.07) is 17.5. The molecular formula is C30H30BrN3O6S. The van der Waals surface area contributed by atoms with Gasteiger partial charge in [-0.15, -0.1) is 0 Å². The number of ether oxygens (including phenoxy) is 3. The number of nitrogens with one attached hydrogen (secondary N) is 2. The van der Waals surface area contributed by atoms with Gasteiger partial charge in [0, 0.05) is 32.9 Å². The number of anilines is 2. The van der Waals surface area contributed by atoms with E-state index >= 15 is 0 Å². The van der Waals surface area contributed by atoms with E-state index in [2.05, 4.69) is 26.6 Å². The summed E-state index contributed by atoms with van der Waals surface area (Å²) in [7, 11) is 4.46. The number of imide groups is 1. The molecule has 0 saturated carbocycles. The summed E-state index contributed by atoms with van der Waals surface area (Å²) in [5, 5.41) is 6.00. The molecule has 214 valence electrons. The van der Waals surface area contributed by atoms with Crippen LogP contribution in [0.3, 0.4) is 0 Å². The molecule has 1 heterocycles. The van der Waals surface area contributed by atoms with Crippen molar-refractivity contribution in [3.63, 3.8) is 0 Å². The first-order valence-electron chi connectivity index (χ1n) is 12.7. The number of benzene rings is 3. The molecule has 0 unspecified atom stereocenters. The van der Waals surface area contributed by atoms with Crippen LogP contribution in [0, 0.1) is 5.92 Å². The molecule has 0 saturated heterocycles. The summed E-state index contributed by atoms with van der Waals surface area (Å²) in [5.41, 5.74) is 1.80. The van der Waals surface area contributed by atoms with Crippen LogP contribution in [0.2, 0.25) is 0 Å². The second-order valence-electron chi connectivity index (χ2n) is 9.45. The zero-order valence-corrected chi connectivity index (χ0v) is 25.6. The highest BCUT2D eigenvalue weighted by Crippen LogP contribution is 2.39. The van der Waals surface area contributed by atoms with Gasteiger partial charge in [-0.25, -0.2) is 0 Å². The number of nitrogens with zero attached hydrogens (tertiary/aromatic N) is 1. The zero-order valence-electron chi connectivity index (χ0n) is 23.2. The molecular weight excluding hydrogens is 610 g/mol. The first-order chi connectivity index (χ1) is 19.6. The van der Waals surface area contributed by atoms with Crippen LogP contribution in [0.1, 0.15) is 24.2 Å². The van der Waals surface area contributed by atoms with Crippen LogP contribution in [0.25, 0.3) is 0 Å². The van der Waals surface area contributed by atoms with Gasteiger partial charge in [0.1, 0.15) is 10.6 Å². The summed E-state index contributed by atoms with van der Waals surface area (Å²) in [4.78, 5) is 41.9. The molecule has 0 aliphatic carbocycles. The van der Waals surface area contributed by atoms with Crippen LogP contribution in [0.5, 0.6) is 17.2 Å². The lowest BCUT2D eigenvalue weighted by Gasteiger charge is -2.17. The predicted octanol–water partition coefficient (Wildman–Crippen LogP) is 6.17. The number of carbonyl (C=O) groups is 3. The van der Waals surface area contributed by atoms with E-state index in [9.17, 15) is 14.4 Å². The Bertz CT molecular complexity index is 1460. The Balaban J connectivity index is 1.55. The van der Waals surface area contributed by atoms with Gasteiger partial charge in [0.05, 0.1) is 21.3 Å². The zero-order chi connectivity index (χ0) is 29.7.